The second kappa shape index (κ2) is 8.57. The van der Waals surface area contributed by atoms with Gasteiger partial charge < -0.3 is 10.6 Å². The van der Waals surface area contributed by atoms with Crippen molar-refractivity contribution in [2.24, 2.45) is 0 Å². The van der Waals surface area contributed by atoms with Crippen LogP contribution in [0.15, 0.2) is 35.6 Å². The van der Waals surface area contributed by atoms with E-state index in [2.05, 4.69) is 42.8 Å². The fraction of sp³-hybridized carbons (Fsp3) is 0.500. The summed E-state index contributed by atoms with van der Waals surface area (Å²) in [6.07, 6.45) is 8.30. The van der Waals surface area contributed by atoms with Crippen molar-refractivity contribution in [3.8, 4) is 0 Å². The largest absolute Gasteiger partial charge is 0.391 e. The fourth-order valence-electron chi connectivity index (χ4n) is 1.07. The third kappa shape index (κ3) is 5.60. The molecule has 0 rings (SSSR count). The molecule has 0 aromatic heterocycles. The number of hydrogen-bond acceptors (Lipinski definition) is 2. The smallest absolute Gasteiger partial charge is 0.0219 e. The molecular formula is C12H22N2. The van der Waals surface area contributed by atoms with Gasteiger partial charge in [-0.05, 0) is 39.0 Å². The molecule has 2 heteroatoms. The first-order valence-electron chi connectivity index (χ1n) is 5.13. The van der Waals surface area contributed by atoms with E-state index < -0.39 is 0 Å². The molecule has 0 atom stereocenters. The second-order valence-corrected chi connectivity index (χ2v) is 3.13. The zero-order chi connectivity index (χ0) is 10.8. The van der Waals surface area contributed by atoms with Crippen LogP contribution in [0.2, 0.25) is 0 Å². The van der Waals surface area contributed by atoms with Gasteiger partial charge in [0.15, 0.2) is 0 Å². The van der Waals surface area contributed by atoms with Crippen LogP contribution in [0, 0.1) is 0 Å². The zero-order valence-corrected chi connectivity index (χ0v) is 9.72. The topological polar surface area (TPSA) is 24.1 Å². The van der Waals surface area contributed by atoms with E-state index in [4.69, 9.17) is 0 Å². The predicted molar refractivity (Wildman–Crippen MR) is 64.3 cm³/mol. The maximum atomic E-state index is 3.22. The molecule has 2 nitrogen and oxygen atoms in total. The molecule has 0 aromatic carbocycles. The summed E-state index contributed by atoms with van der Waals surface area (Å²) in [6, 6.07) is 0. The molecule has 0 radical (unpaired) electrons. The van der Waals surface area contributed by atoms with Crippen molar-refractivity contribution >= 4 is 0 Å². The van der Waals surface area contributed by atoms with E-state index in [0.717, 1.165) is 13.1 Å². The molecule has 0 amide bonds. The highest BCUT2D eigenvalue weighted by Gasteiger charge is 1.96. The van der Waals surface area contributed by atoms with Gasteiger partial charge in [0.05, 0.1) is 0 Å². The normalized spacial score (nSPS) is 13.7. The summed E-state index contributed by atoms with van der Waals surface area (Å²) in [5, 5.41) is 6.38. The summed E-state index contributed by atoms with van der Waals surface area (Å²) < 4.78 is 0. The Morgan fingerprint density at radius 2 is 2.07 bits per heavy atom. The first kappa shape index (κ1) is 13.0. The lowest BCUT2D eigenvalue weighted by Crippen LogP contribution is -2.14. The molecule has 14 heavy (non-hydrogen) atoms. The quantitative estimate of drug-likeness (QED) is 0.634. The number of likely N-dealkylation sites (N-methyl/N-ethyl adjacent to an activating group) is 1. The van der Waals surface area contributed by atoms with Gasteiger partial charge in [-0.1, -0.05) is 18.2 Å². The molecule has 2 N–H and O–H groups in total. The van der Waals surface area contributed by atoms with Crippen LogP contribution in [0.1, 0.15) is 20.8 Å². The van der Waals surface area contributed by atoms with Crippen LogP contribution in [0.3, 0.4) is 0 Å². The van der Waals surface area contributed by atoms with Crippen molar-refractivity contribution in [3.63, 3.8) is 0 Å². The molecule has 0 bridgehead atoms. The minimum absolute atomic E-state index is 0.896. The standard InChI is InChI=1S/C12H22N2/c1-5-7-8-11(3)12(9-13-4)10-14-6-2/h5,7-8,10,13-14H,6,9H2,1-4H3/b7-5-,11-8+,12-10-. The molecule has 80 valence electrons. The van der Waals surface area contributed by atoms with Crippen LogP contribution in [0.4, 0.5) is 0 Å². The fourth-order valence-corrected chi connectivity index (χ4v) is 1.07. The van der Waals surface area contributed by atoms with Crippen molar-refractivity contribution in [3.05, 3.63) is 35.6 Å². The lowest BCUT2D eigenvalue weighted by molar-refractivity contribution is 0.850. The van der Waals surface area contributed by atoms with E-state index >= 15 is 0 Å². The average molecular weight is 194 g/mol. The van der Waals surface area contributed by atoms with Gasteiger partial charge >= 0.3 is 0 Å². The maximum absolute atomic E-state index is 3.22. The Morgan fingerprint density at radius 3 is 2.57 bits per heavy atom. The van der Waals surface area contributed by atoms with Crippen molar-refractivity contribution in [2.45, 2.75) is 20.8 Å². The predicted octanol–water partition coefficient (Wildman–Crippen LogP) is 2.22. The van der Waals surface area contributed by atoms with Gasteiger partial charge in [0.25, 0.3) is 0 Å². The summed E-state index contributed by atoms with van der Waals surface area (Å²) in [4.78, 5) is 0. The Morgan fingerprint density at radius 1 is 1.36 bits per heavy atom. The summed E-state index contributed by atoms with van der Waals surface area (Å²) >= 11 is 0. The Hall–Kier alpha value is -1.02. The van der Waals surface area contributed by atoms with Gasteiger partial charge in [0.2, 0.25) is 0 Å². The first-order chi connectivity index (χ1) is 6.76. The molecule has 0 spiro atoms. The van der Waals surface area contributed by atoms with E-state index in [1.807, 2.05) is 20.0 Å². The van der Waals surface area contributed by atoms with E-state index in [1.54, 1.807) is 0 Å². The molecule has 0 saturated carbocycles. The minimum atomic E-state index is 0.896. The van der Waals surface area contributed by atoms with Crippen LogP contribution in [-0.4, -0.2) is 20.1 Å². The highest BCUT2D eigenvalue weighted by Crippen LogP contribution is 2.07. The maximum Gasteiger partial charge on any atom is 0.0219 e. The number of hydrogen-bond donors (Lipinski definition) is 2. The molecule has 0 heterocycles. The van der Waals surface area contributed by atoms with Gasteiger partial charge in [-0.3, -0.25) is 0 Å². The Bertz CT molecular complexity index is 224. The van der Waals surface area contributed by atoms with Gasteiger partial charge in [-0.15, -0.1) is 0 Å². The molecule has 0 aliphatic heterocycles. The molecular weight excluding hydrogens is 172 g/mol. The summed E-state index contributed by atoms with van der Waals surface area (Å²) in [6.45, 7) is 8.10. The molecule has 0 saturated heterocycles. The number of allylic oxidation sites excluding steroid dienone is 3. The summed E-state index contributed by atoms with van der Waals surface area (Å²) in [5.74, 6) is 0. The molecule has 0 fully saturated rings. The molecule has 0 unspecified atom stereocenters. The molecule has 0 aliphatic rings. The third-order valence-electron chi connectivity index (χ3n) is 1.89. The van der Waals surface area contributed by atoms with E-state index in [-0.39, 0.29) is 0 Å². The van der Waals surface area contributed by atoms with Crippen LogP contribution in [0.25, 0.3) is 0 Å². The highest BCUT2D eigenvalue weighted by molar-refractivity contribution is 5.32. The van der Waals surface area contributed by atoms with Crippen LogP contribution in [-0.2, 0) is 0 Å². The molecule has 0 aromatic rings. The van der Waals surface area contributed by atoms with Crippen LogP contribution < -0.4 is 10.6 Å². The number of rotatable bonds is 6. The van der Waals surface area contributed by atoms with Gasteiger partial charge in [-0.25, -0.2) is 0 Å². The van der Waals surface area contributed by atoms with Gasteiger partial charge in [-0.2, -0.15) is 0 Å². The minimum Gasteiger partial charge on any atom is -0.391 e. The van der Waals surface area contributed by atoms with Gasteiger partial charge in [0.1, 0.15) is 0 Å². The lowest BCUT2D eigenvalue weighted by atomic mass is 10.1. The average Bonchev–Trinajstić information content (AvgIpc) is 2.20. The van der Waals surface area contributed by atoms with Crippen LogP contribution in [0.5, 0.6) is 0 Å². The zero-order valence-electron chi connectivity index (χ0n) is 9.72. The SMILES string of the molecule is C\C=C/C=C(C)/C(=C\NCC)CNC. The van der Waals surface area contributed by atoms with Gasteiger partial charge in [0, 0.05) is 19.3 Å². The Labute approximate surface area is 87.8 Å². The first-order valence-corrected chi connectivity index (χ1v) is 5.13. The summed E-state index contributed by atoms with van der Waals surface area (Å²) in [5.41, 5.74) is 2.59. The molecule has 0 aliphatic carbocycles. The van der Waals surface area contributed by atoms with E-state index in [9.17, 15) is 0 Å². The Kier molecular flexibility index (Phi) is 7.95. The van der Waals surface area contributed by atoms with Crippen molar-refractivity contribution in [2.75, 3.05) is 20.1 Å². The lowest BCUT2D eigenvalue weighted by Gasteiger charge is -2.07. The van der Waals surface area contributed by atoms with E-state index in [1.165, 1.54) is 11.1 Å². The van der Waals surface area contributed by atoms with Crippen molar-refractivity contribution in [1.82, 2.24) is 10.6 Å². The highest BCUT2D eigenvalue weighted by atomic mass is 14.8. The third-order valence-corrected chi connectivity index (χ3v) is 1.89. The second-order valence-electron chi connectivity index (χ2n) is 3.13. The van der Waals surface area contributed by atoms with Crippen molar-refractivity contribution in [1.29, 1.82) is 0 Å². The monoisotopic (exact) mass is 194 g/mol. The van der Waals surface area contributed by atoms with E-state index in [0.29, 0.717) is 0 Å². The van der Waals surface area contributed by atoms with Crippen molar-refractivity contribution < 1.29 is 0 Å². The summed E-state index contributed by atoms with van der Waals surface area (Å²) in [7, 11) is 1.96. The van der Waals surface area contributed by atoms with Crippen LogP contribution >= 0.6 is 0 Å². The number of nitrogens with one attached hydrogen (secondary N) is 2. The Balaban J connectivity index is 4.46.